The Bertz CT molecular complexity index is 766. The van der Waals surface area contributed by atoms with Crippen molar-refractivity contribution >= 4 is 17.7 Å². The molecule has 0 saturated carbocycles. The predicted octanol–water partition coefficient (Wildman–Crippen LogP) is 4.81. The summed E-state index contributed by atoms with van der Waals surface area (Å²) < 4.78 is 42.9. The zero-order valence-corrected chi connectivity index (χ0v) is 16.1. The number of ether oxygens (including phenoxy) is 1. The van der Waals surface area contributed by atoms with E-state index in [1.165, 1.54) is 6.07 Å². The Morgan fingerprint density at radius 2 is 2.04 bits per heavy atom. The zero-order chi connectivity index (χ0) is 20.0. The van der Waals surface area contributed by atoms with E-state index < -0.39 is 11.7 Å². The molecule has 0 aliphatic heterocycles. The Labute approximate surface area is 160 Å². The number of hydrogen-bond donors (Lipinski definition) is 0. The minimum Gasteiger partial charge on any atom is -0.497 e. The van der Waals surface area contributed by atoms with Gasteiger partial charge in [0.25, 0.3) is 0 Å². The van der Waals surface area contributed by atoms with Crippen molar-refractivity contribution in [1.29, 1.82) is 0 Å². The highest BCUT2D eigenvalue weighted by molar-refractivity contribution is 7.99. The van der Waals surface area contributed by atoms with Gasteiger partial charge in [-0.25, -0.2) is 4.98 Å². The van der Waals surface area contributed by atoms with Crippen LogP contribution in [0.1, 0.15) is 31.0 Å². The number of amides is 1. The Kier molecular flexibility index (Phi) is 7.12. The van der Waals surface area contributed by atoms with Gasteiger partial charge in [0, 0.05) is 12.7 Å². The van der Waals surface area contributed by atoms with Gasteiger partial charge in [-0.2, -0.15) is 13.2 Å². The number of nitrogens with zero attached hydrogens (tertiary/aromatic N) is 2. The van der Waals surface area contributed by atoms with Crippen molar-refractivity contribution in [2.24, 2.45) is 0 Å². The predicted molar refractivity (Wildman–Crippen MR) is 98.8 cm³/mol. The number of carbonyl (C=O) groups excluding carboxylic acids is 1. The van der Waals surface area contributed by atoms with Crippen LogP contribution in [-0.4, -0.2) is 35.2 Å². The normalized spacial score (nSPS) is 12.5. The monoisotopic (exact) mass is 398 g/mol. The molecule has 4 nitrogen and oxygen atoms in total. The van der Waals surface area contributed by atoms with Gasteiger partial charge in [-0.1, -0.05) is 23.9 Å². The molecule has 1 heterocycles. The lowest BCUT2D eigenvalue weighted by Crippen LogP contribution is -2.34. The lowest BCUT2D eigenvalue weighted by molar-refractivity contribution is -0.138. The summed E-state index contributed by atoms with van der Waals surface area (Å²) in [6.07, 6.45) is -3.64. The van der Waals surface area contributed by atoms with Gasteiger partial charge in [-0.3, -0.25) is 4.79 Å². The quantitative estimate of drug-likeness (QED) is 0.628. The number of thioether (sulfide) groups is 1. The first-order valence-corrected chi connectivity index (χ1v) is 9.34. The van der Waals surface area contributed by atoms with Crippen LogP contribution in [0.5, 0.6) is 5.75 Å². The van der Waals surface area contributed by atoms with Crippen molar-refractivity contribution < 1.29 is 22.7 Å². The number of carbonyl (C=O) groups is 1. The summed E-state index contributed by atoms with van der Waals surface area (Å²) in [4.78, 5) is 18.1. The van der Waals surface area contributed by atoms with Gasteiger partial charge >= 0.3 is 6.18 Å². The SMILES string of the molecule is CCN(C(=O)CSc1ccc(C(F)(F)F)cn1)C(C)c1cccc(OC)c1. The van der Waals surface area contributed by atoms with Crippen molar-refractivity contribution in [3.8, 4) is 5.75 Å². The summed E-state index contributed by atoms with van der Waals surface area (Å²) in [5.41, 5.74) is 0.141. The summed E-state index contributed by atoms with van der Waals surface area (Å²) in [6.45, 7) is 4.32. The van der Waals surface area contributed by atoms with Crippen molar-refractivity contribution in [1.82, 2.24) is 9.88 Å². The fourth-order valence-corrected chi connectivity index (χ4v) is 3.33. The van der Waals surface area contributed by atoms with E-state index in [9.17, 15) is 18.0 Å². The third-order valence-electron chi connectivity index (χ3n) is 4.11. The van der Waals surface area contributed by atoms with E-state index in [0.717, 1.165) is 29.6 Å². The van der Waals surface area contributed by atoms with Crippen LogP contribution < -0.4 is 4.74 Å². The molecule has 0 saturated heterocycles. The Morgan fingerprint density at radius 3 is 2.59 bits per heavy atom. The number of halogens is 3. The summed E-state index contributed by atoms with van der Waals surface area (Å²) in [5.74, 6) is 0.700. The standard InChI is InChI=1S/C19H21F3N2O2S/c1-4-24(13(2)14-6-5-7-16(10-14)26-3)18(25)12-27-17-9-8-15(11-23-17)19(20,21)22/h5-11,13H,4,12H2,1-3H3. The highest BCUT2D eigenvalue weighted by Gasteiger charge is 2.30. The van der Waals surface area contributed by atoms with Gasteiger partial charge in [0.15, 0.2) is 0 Å². The first kappa shape index (κ1) is 21.1. The van der Waals surface area contributed by atoms with Crippen molar-refractivity contribution in [3.63, 3.8) is 0 Å². The van der Waals surface area contributed by atoms with Crippen LogP contribution in [0.25, 0.3) is 0 Å². The van der Waals surface area contributed by atoms with Gasteiger partial charge in [-0.15, -0.1) is 0 Å². The number of alkyl halides is 3. The maximum Gasteiger partial charge on any atom is 0.417 e. The first-order valence-electron chi connectivity index (χ1n) is 8.35. The van der Waals surface area contributed by atoms with E-state index in [-0.39, 0.29) is 17.7 Å². The minimum absolute atomic E-state index is 0.0977. The van der Waals surface area contributed by atoms with Gasteiger partial charge in [0.1, 0.15) is 5.75 Å². The van der Waals surface area contributed by atoms with Gasteiger partial charge in [0.05, 0.1) is 29.5 Å². The zero-order valence-electron chi connectivity index (χ0n) is 15.3. The second kappa shape index (κ2) is 9.12. The number of methoxy groups -OCH3 is 1. The fraction of sp³-hybridized carbons (Fsp3) is 0.368. The molecule has 0 aliphatic carbocycles. The van der Waals surface area contributed by atoms with Crippen LogP contribution in [0.15, 0.2) is 47.6 Å². The average molecular weight is 398 g/mol. The molecule has 2 aromatic rings. The van der Waals surface area contributed by atoms with E-state index in [4.69, 9.17) is 4.74 Å². The molecule has 1 unspecified atom stereocenters. The van der Waals surface area contributed by atoms with Crippen LogP contribution >= 0.6 is 11.8 Å². The maximum atomic E-state index is 12.6. The van der Waals surface area contributed by atoms with Crippen LogP contribution in [-0.2, 0) is 11.0 Å². The van der Waals surface area contributed by atoms with Crippen molar-refractivity contribution in [2.45, 2.75) is 31.1 Å². The fourth-order valence-electron chi connectivity index (χ4n) is 2.60. The molecule has 1 aromatic carbocycles. The summed E-state index contributed by atoms with van der Waals surface area (Å²) in [7, 11) is 1.58. The van der Waals surface area contributed by atoms with Crippen LogP contribution in [0, 0.1) is 0 Å². The van der Waals surface area contributed by atoms with E-state index in [1.807, 2.05) is 38.1 Å². The molecule has 2 rings (SSSR count). The average Bonchev–Trinajstić information content (AvgIpc) is 2.66. The molecule has 146 valence electrons. The van der Waals surface area contributed by atoms with Gasteiger partial charge in [0.2, 0.25) is 5.91 Å². The molecule has 0 radical (unpaired) electrons. The molecular formula is C19H21F3N2O2S. The number of benzene rings is 1. The van der Waals surface area contributed by atoms with Crippen LogP contribution in [0.3, 0.4) is 0 Å². The summed E-state index contributed by atoms with van der Waals surface area (Å²) in [5, 5.41) is 0.376. The Morgan fingerprint density at radius 1 is 1.30 bits per heavy atom. The molecule has 0 fully saturated rings. The molecule has 1 amide bonds. The molecule has 0 bridgehead atoms. The highest BCUT2D eigenvalue weighted by atomic mass is 32.2. The minimum atomic E-state index is -4.42. The molecule has 1 aromatic heterocycles. The van der Waals surface area contributed by atoms with Crippen LogP contribution in [0.2, 0.25) is 0 Å². The lowest BCUT2D eigenvalue weighted by atomic mass is 10.1. The molecule has 0 aliphatic rings. The third kappa shape index (κ3) is 5.63. The van der Waals surface area contributed by atoms with Gasteiger partial charge < -0.3 is 9.64 Å². The summed E-state index contributed by atoms with van der Waals surface area (Å²) in [6, 6.07) is 9.60. The lowest BCUT2D eigenvalue weighted by Gasteiger charge is -2.28. The van der Waals surface area contributed by atoms with E-state index >= 15 is 0 Å². The maximum absolute atomic E-state index is 12.6. The third-order valence-corrected chi connectivity index (χ3v) is 5.04. The second-order valence-corrected chi connectivity index (χ2v) is 6.80. The van der Waals surface area contributed by atoms with E-state index in [1.54, 1.807) is 12.0 Å². The molecule has 27 heavy (non-hydrogen) atoms. The van der Waals surface area contributed by atoms with E-state index in [2.05, 4.69) is 4.98 Å². The molecule has 8 heteroatoms. The van der Waals surface area contributed by atoms with Crippen molar-refractivity contribution in [3.05, 3.63) is 53.7 Å². The van der Waals surface area contributed by atoms with Crippen molar-refractivity contribution in [2.75, 3.05) is 19.4 Å². The second-order valence-electron chi connectivity index (χ2n) is 5.80. The number of hydrogen-bond acceptors (Lipinski definition) is 4. The number of pyridine rings is 1. The van der Waals surface area contributed by atoms with Crippen LogP contribution in [0.4, 0.5) is 13.2 Å². The smallest absolute Gasteiger partial charge is 0.417 e. The number of aromatic nitrogens is 1. The number of rotatable bonds is 7. The highest BCUT2D eigenvalue weighted by Crippen LogP contribution is 2.30. The topological polar surface area (TPSA) is 42.4 Å². The Balaban J connectivity index is 2.02. The Hall–Kier alpha value is -2.22. The largest absolute Gasteiger partial charge is 0.497 e. The first-order chi connectivity index (χ1) is 12.8. The van der Waals surface area contributed by atoms with Gasteiger partial charge in [-0.05, 0) is 43.7 Å². The van der Waals surface area contributed by atoms with E-state index in [0.29, 0.717) is 17.3 Å². The molecular weight excluding hydrogens is 377 g/mol. The summed E-state index contributed by atoms with van der Waals surface area (Å²) >= 11 is 1.12. The molecule has 0 N–H and O–H groups in total. The molecule has 1 atom stereocenters. The molecule has 0 spiro atoms.